The predicted molar refractivity (Wildman–Crippen MR) is 74.2 cm³/mol. The minimum Gasteiger partial charge on any atom is -0.349 e. The number of nitrogen functional groups attached to an aromatic ring is 1. The second-order valence-electron chi connectivity index (χ2n) is 3.72. The maximum absolute atomic E-state index is 12.0. The Balaban J connectivity index is 2.63. The molecule has 0 saturated heterocycles. The monoisotopic (exact) mass is 253 g/mol. The maximum Gasteiger partial charge on any atom is 0.253 e. The molecule has 17 heavy (non-hydrogen) atoms. The molecule has 0 aromatic heterocycles. The molecule has 4 nitrogen and oxygen atoms in total. The van der Waals surface area contributed by atoms with Crippen LogP contribution in [0, 0.1) is 0 Å². The lowest BCUT2D eigenvalue weighted by atomic mass is 10.1. The third-order valence-corrected chi connectivity index (χ3v) is 3.42. The number of nitrogens with one attached hydrogen (secondary N) is 2. The third-order valence-electron chi connectivity index (χ3n) is 2.28. The summed E-state index contributed by atoms with van der Waals surface area (Å²) in [6.07, 6.45) is 0. The lowest BCUT2D eigenvalue weighted by Crippen LogP contribution is -2.34. The normalized spacial score (nSPS) is 11.9. The molecule has 0 heterocycles. The van der Waals surface area contributed by atoms with Gasteiger partial charge in [0.25, 0.3) is 5.91 Å². The minimum absolute atomic E-state index is 0.0947. The number of anilines is 1. The zero-order valence-corrected chi connectivity index (χ0v) is 11.0. The van der Waals surface area contributed by atoms with Gasteiger partial charge in [-0.05, 0) is 24.8 Å². The summed E-state index contributed by atoms with van der Waals surface area (Å²) in [6.45, 7) is 4.10. The Hall–Kier alpha value is -1.20. The number of thioether (sulfide) groups is 1. The van der Waals surface area contributed by atoms with E-state index < -0.39 is 0 Å². The fourth-order valence-corrected chi connectivity index (χ4v) is 2.12. The molecule has 0 saturated carbocycles. The molecule has 4 N–H and O–H groups in total. The molecule has 1 aromatic rings. The van der Waals surface area contributed by atoms with Crippen molar-refractivity contribution < 1.29 is 4.79 Å². The van der Waals surface area contributed by atoms with Gasteiger partial charge in [0, 0.05) is 11.8 Å². The van der Waals surface area contributed by atoms with E-state index in [9.17, 15) is 4.79 Å². The first-order chi connectivity index (χ1) is 8.19. The van der Waals surface area contributed by atoms with E-state index in [0.29, 0.717) is 11.3 Å². The highest BCUT2D eigenvalue weighted by molar-refractivity contribution is 7.99. The van der Waals surface area contributed by atoms with Crippen LogP contribution >= 0.6 is 11.8 Å². The number of para-hydroxylation sites is 1. The van der Waals surface area contributed by atoms with Crippen molar-refractivity contribution in [3.63, 3.8) is 0 Å². The number of rotatable bonds is 6. The van der Waals surface area contributed by atoms with Crippen molar-refractivity contribution in [2.24, 2.45) is 5.84 Å². The predicted octanol–water partition coefficient (Wildman–Crippen LogP) is 1.84. The van der Waals surface area contributed by atoms with Gasteiger partial charge in [-0.3, -0.25) is 10.6 Å². The van der Waals surface area contributed by atoms with E-state index in [1.54, 1.807) is 12.1 Å². The van der Waals surface area contributed by atoms with E-state index in [1.807, 2.05) is 30.8 Å². The number of hydrogen-bond acceptors (Lipinski definition) is 4. The Morgan fingerprint density at radius 2 is 2.18 bits per heavy atom. The van der Waals surface area contributed by atoms with Crippen molar-refractivity contribution in [2.45, 2.75) is 19.9 Å². The molecule has 94 valence electrons. The van der Waals surface area contributed by atoms with Crippen LogP contribution in [-0.4, -0.2) is 23.5 Å². The van der Waals surface area contributed by atoms with Crippen LogP contribution in [0.1, 0.15) is 24.2 Å². The van der Waals surface area contributed by atoms with Crippen LogP contribution in [0.2, 0.25) is 0 Å². The van der Waals surface area contributed by atoms with Gasteiger partial charge >= 0.3 is 0 Å². The summed E-state index contributed by atoms with van der Waals surface area (Å²) in [4.78, 5) is 12.0. The van der Waals surface area contributed by atoms with Crippen molar-refractivity contribution in [2.75, 3.05) is 16.9 Å². The molecule has 1 atom stereocenters. The smallest absolute Gasteiger partial charge is 0.253 e. The van der Waals surface area contributed by atoms with Crippen LogP contribution in [0.4, 0.5) is 5.69 Å². The zero-order chi connectivity index (χ0) is 12.7. The Morgan fingerprint density at radius 3 is 2.82 bits per heavy atom. The first-order valence-corrected chi connectivity index (χ1v) is 6.78. The molecule has 1 rings (SSSR count). The summed E-state index contributed by atoms with van der Waals surface area (Å²) in [7, 11) is 0. The Bertz CT molecular complexity index is 371. The molecule has 1 unspecified atom stereocenters. The van der Waals surface area contributed by atoms with E-state index in [4.69, 9.17) is 5.84 Å². The van der Waals surface area contributed by atoms with Gasteiger partial charge in [-0.2, -0.15) is 11.8 Å². The van der Waals surface area contributed by atoms with Crippen molar-refractivity contribution in [3.05, 3.63) is 29.8 Å². The minimum atomic E-state index is -0.0947. The molecule has 0 spiro atoms. The standard InChI is InChI=1S/C12H19N3OS/c1-3-17-8-9(2)14-12(16)10-6-4-5-7-11(10)15-13/h4-7,9,15H,3,8,13H2,1-2H3,(H,14,16). The van der Waals surface area contributed by atoms with Crippen LogP contribution in [0.5, 0.6) is 0 Å². The molecule has 0 radical (unpaired) electrons. The first-order valence-electron chi connectivity index (χ1n) is 5.63. The second kappa shape index (κ2) is 7.19. The Labute approximate surface area is 106 Å². The van der Waals surface area contributed by atoms with Crippen molar-refractivity contribution in [3.8, 4) is 0 Å². The number of hydrazine groups is 1. The molecular formula is C12H19N3OS. The Morgan fingerprint density at radius 1 is 1.47 bits per heavy atom. The van der Waals surface area contributed by atoms with Crippen LogP contribution in [0.3, 0.4) is 0 Å². The van der Waals surface area contributed by atoms with Crippen LogP contribution in [0.25, 0.3) is 0 Å². The zero-order valence-electron chi connectivity index (χ0n) is 10.2. The van der Waals surface area contributed by atoms with Gasteiger partial charge in [0.2, 0.25) is 0 Å². The fraction of sp³-hybridized carbons (Fsp3) is 0.417. The summed E-state index contributed by atoms with van der Waals surface area (Å²) in [5.41, 5.74) is 3.74. The number of amides is 1. The molecular weight excluding hydrogens is 234 g/mol. The summed E-state index contributed by atoms with van der Waals surface area (Å²) in [5, 5.41) is 2.95. The van der Waals surface area contributed by atoms with E-state index in [2.05, 4.69) is 17.7 Å². The summed E-state index contributed by atoms with van der Waals surface area (Å²) in [6, 6.07) is 7.34. The number of benzene rings is 1. The molecule has 0 aliphatic heterocycles. The fourth-order valence-electron chi connectivity index (χ4n) is 1.44. The van der Waals surface area contributed by atoms with Gasteiger partial charge in [0.05, 0.1) is 11.3 Å². The molecule has 0 bridgehead atoms. The highest BCUT2D eigenvalue weighted by Crippen LogP contribution is 2.13. The highest BCUT2D eigenvalue weighted by Gasteiger charge is 2.12. The van der Waals surface area contributed by atoms with Crippen molar-refractivity contribution in [1.82, 2.24) is 5.32 Å². The molecule has 1 amide bonds. The number of carbonyl (C=O) groups is 1. The van der Waals surface area contributed by atoms with E-state index in [1.165, 1.54) is 0 Å². The average Bonchev–Trinajstić information content (AvgIpc) is 2.36. The van der Waals surface area contributed by atoms with Crippen molar-refractivity contribution >= 4 is 23.4 Å². The highest BCUT2D eigenvalue weighted by atomic mass is 32.2. The van der Waals surface area contributed by atoms with Gasteiger partial charge in [-0.25, -0.2) is 0 Å². The van der Waals surface area contributed by atoms with Gasteiger partial charge in [-0.15, -0.1) is 0 Å². The summed E-state index contributed by atoms with van der Waals surface area (Å²) in [5.74, 6) is 7.24. The van der Waals surface area contributed by atoms with Gasteiger partial charge in [0.1, 0.15) is 0 Å². The van der Waals surface area contributed by atoms with Crippen molar-refractivity contribution in [1.29, 1.82) is 0 Å². The van der Waals surface area contributed by atoms with Crippen LogP contribution in [-0.2, 0) is 0 Å². The molecule has 0 aliphatic carbocycles. The quantitative estimate of drug-likeness (QED) is 0.534. The molecule has 0 fully saturated rings. The largest absolute Gasteiger partial charge is 0.349 e. The lowest BCUT2D eigenvalue weighted by Gasteiger charge is -2.14. The third kappa shape index (κ3) is 4.28. The van der Waals surface area contributed by atoms with Crippen LogP contribution < -0.4 is 16.6 Å². The number of carbonyl (C=O) groups excluding carboxylic acids is 1. The van der Waals surface area contributed by atoms with E-state index in [-0.39, 0.29) is 11.9 Å². The van der Waals surface area contributed by atoms with Crippen LogP contribution in [0.15, 0.2) is 24.3 Å². The number of nitrogens with two attached hydrogens (primary N) is 1. The van der Waals surface area contributed by atoms with Gasteiger partial charge < -0.3 is 10.7 Å². The first kappa shape index (κ1) is 13.9. The van der Waals surface area contributed by atoms with Gasteiger partial charge in [0.15, 0.2) is 0 Å². The Kier molecular flexibility index (Phi) is 5.86. The molecule has 0 aliphatic rings. The van der Waals surface area contributed by atoms with Gasteiger partial charge in [-0.1, -0.05) is 19.1 Å². The maximum atomic E-state index is 12.0. The lowest BCUT2D eigenvalue weighted by molar-refractivity contribution is 0.0944. The second-order valence-corrected chi connectivity index (χ2v) is 5.04. The topological polar surface area (TPSA) is 67.2 Å². The molecule has 5 heteroatoms. The summed E-state index contributed by atoms with van der Waals surface area (Å²) >= 11 is 1.81. The molecule has 1 aromatic carbocycles. The summed E-state index contributed by atoms with van der Waals surface area (Å²) < 4.78 is 0. The average molecular weight is 253 g/mol. The SMILES string of the molecule is CCSCC(C)NC(=O)c1ccccc1NN. The van der Waals surface area contributed by atoms with E-state index >= 15 is 0 Å². The van der Waals surface area contributed by atoms with E-state index in [0.717, 1.165) is 11.5 Å². The number of hydrogen-bond donors (Lipinski definition) is 3.